The molecule has 1 aliphatic carbocycles. The van der Waals surface area contributed by atoms with Crippen molar-refractivity contribution in [2.24, 2.45) is 5.41 Å². The third-order valence-electron chi connectivity index (χ3n) is 5.06. The molecule has 1 N–H and O–H groups in total. The number of hydrogen-bond acceptors (Lipinski definition) is 3. The van der Waals surface area contributed by atoms with Gasteiger partial charge in [-0.3, -0.25) is 4.68 Å². The summed E-state index contributed by atoms with van der Waals surface area (Å²) in [5.74, 6) is 0. The van der Waals surface area contributed by atoms with E-state index in [4.69, 9.17) is 9.84 Å². The van der Waals surface area contributed by atoms with E-state index < -0.39 is 0 Å². The minimum Gasteiger partial charge on any atom is -0.378 e. The molecule has 2 atom stereocenters. The Bertz CT molecular complexity index is 437. The van der Waals surface area contributed by atoms with Crippen molar-refractivity contribution in [2.75, 3.05) is 6.61 Å². The van der Waals surface area contributed by atoms with Gasteiger partial charge in [-0.2, -0.15) is 5.10 Å². The summed E-state index contributed by atoms with van der Waals surface area (Å²) in [5.41, 5.74) is 1.35. The second-order valence-electron chi connectivity index (χ2n) is 6.69. The minimum atomic E-state index is 0.216. The zero-order chi connectivity index (χ0) is 15.5. The molecule has 0 saturated heterocycles. The van der Waals surface area contributed by atoms with E-state index in [0.29, 0.717) is 18.2 Å². The molecule has 0 aromatic carbocycles. The normalized spacial score (nSPS) is 24.3. The van der Waals surface area contributed by atoms with Gasteiger partial charge in [-0.25, -0.2) is 0 Å². The van der Waals surface area contributed by atoms with Crippen LogP contribution in [0, 0.1) is 5.41 Å². The highest BCUT2D eigenvalue weighted by molar-refractivity contribution is 5.05. The number of rotatable bonds is 8. The van der Waals surface area contributed by atoms with Gasteiger partial charge in [0.1, 0.15) is 0 Å². The van der Waals surface area contributed by atoms with Gasteiger partial charge < -0.3 is 10.1 Å². The first-order valence-electron chi connectivity index (χ1n) is 8.41. The maximum absolute atomic E-state index is 5.78. The fourth-order valence-corrected chi connectivity index (χ4v) is 3.28. The first kappa shape index (κ1) is 16.5. The van der Waals surface area contributed by atoms with E-state index in [-0.39, 0.29) is 5.41 Å². The highest BCUT2D eigenvalue weighted by Gasteiger charge is 2.48. The average molecular weight is 293 g/mol. The SMILES string of the molecule is CCOC1CC(NCc2ccn(C(CC)CC)n2)C1(C)C. The quantitative estimate of drug-likeness (QED) is 0.797. The van der Waals surface area contributed by atoms with Crippen molar-refractivity contribution >= 4 is 0 Å². The van der Waals surface area contributed by atoms with Crippen LogP contribution in [0.1, 0.15) is 65.6 Å². The number of nitrogens with one attached hydrogen (secondary N) is 1. The standard InChI is InChI=1S/C17H31N3O/c1-6-14(7-2)20-10-9-13(19-20)12-18-15-11-16(21-8-3)17(15,4)5/h9-10,14-16,18H,6-8,11-12H2,1-5H3. The minimum absolute atomic E-state index is 0.216. The largest absolute Gasteiger partial charge is 0.378 e. The second kappa shape index (κ2) is 6.93. The summed E-state index contributed by atoms with van der Waals surface area (Å²) in [5, 5.41) is 8.36. The van der Waals surface area contributed by atoms with E-state index >= 15 is 0 Å². The molecule has 21 heavy (non-hydrogen) atoms. The number of hydrogen-bond donors (Lipinski definition) is 1. The van der Waals surface area contributed by atoms with Gasteiger partial charge in [0, 0.05) is 30.8 Å². The summed E-state index contributed by atoms with van der Waals surface area (Å²) >= 11 is 0. The van der Waals surface area contributed by atoms with Gasteiger partial charge in [0.2, 0.25) is 0 Å². The van der Waals surface area contributed by atoms with Gasteiger partial charge in [0.15, 0.2) is 0 Å². The van der Waals surface area contributed by atoms with Crippen molar-refractivity contribution in [1.29, 1.82) is 0 Å². The van der Waals surface area contributed by atoms with E-state index in [2.05, 4.69) is 56.9 Å². The number of aromatic nitrogens is 2. The molecule has 2 rings (SSSR count). The van der Waals surface area contributed by atoms with Gasteiger partial charge in [-0.1, -0.05) is 27.7 Å². The van der Waals surface area contributed by atoms with Gasteiger partial charge in [0.25, 0.3) is 0 Å². The summed E-state index contributed by atoms with van der Waals surface area (Å²) in [7, 11) is 0. The molecule has 1 fully saturated rings. The molecule has 1 aromatic heterocycles. The van der Waals surface area contributed by atoms with Crippen molar-refractivity contribution in [1.82, 2.24) is 15.1 Å². The molecule has 0 bridgehead atoms. The average Bonchev–Trinajstić information content (AvgIpc) is 2.92. The lowest BCUT2D eigenvalue weighted by molar-refractivity contribution is -0.114. The molecule has 4 nitrogen and oxygen atoms in total. The van der Waals surface area contributed by atoms with Crippen LogP contribution in [0.4, 0.5) is 0 Å². The Balaban J connectivity index is 1.84. The molecule has 4 heteroatoms. The maximum atomic E-state index is 5.78. The monoisotopic (exact) mass is 293 g/mol. The number of nitrogens with zero attached hydrogens (tertiary/aromatic N) is 2. The third-order valence-corrected chi connectivity index (χ3v) is 5.06. The summed E-state index contributed by atoms with van der Waals surface area (Å²) in [6, 6.07) is 3.19. The molecule has 0 spiro atoms. The molecular weight excluding hydrogens is 262 g/mol. The molecule has 1 aromatic rings. The first-order chi connectivity index (χ1) is 10.0. The Hall–Kier alpha value is -0.870. The molecule has 1 heterocycles. The fraction of sp³-hybridized carbons (Fsp3) is 0.824. The lowest BCUT2D eigenvalue weighted by Gasteiger charge is -2.51. The van der Waals surface area contributed by atoms with Crippen LogP contribution in [0.3, 0.4) is 0 Å². The van der Waals surface area contributed by atoms with E-state index in [0.717, 1.165) is 38.1 Å². The lowest BCUT2D eigenvalue weighted by Crippen LogP contribution is -2.60. The van der Waals surface area contributed by atoms with Crippen LogP contribution in [0.15, 0.2) is 12.3 Å². The van der Waals surface area contributed by atoms with Gasteiger partial charge in [-0.05, 0) is 32.3 Å². The first-order valence-corrected chi connectivity index (χ1v) is 8.41. The Morgan fingerprint density at radius 2 is 2.10 bits per heavy atom. The summed E-state index contributed by atoms with van der Waals surface area (Å²) in [6.45, 7) is 12.7. The van der Waals surface area contributed by atoms with Crippen molar-refractivity contribution in [2.45, 2.75) is 78.6 Å². The highest BCUT2D eigenvalue weighted by Crippen LogP contribution is 2.42. The van der Waals surface area contributed by atoms with Crippen molar-refractivity contribution in [3.05, 3.63) is 18.0 Å². The third kappa shape index (κ3) is 3.49. The molecule has 1 saturated carbocycles. The molecule has 2 unspecified atom stereocenters. The van der Waals surface area contributed by atoms with E-state index in [1.165, 1.54) is 0 Å². The van der Waals surface area contributed by atoms with Gasteiger partial charge >= 0.3 is 0 Å². The predicted octanol–water partition coefficient (Wildman–Crippen LogP) is 3.54. The van der Waals surface area contributed by atoms with Crippen LogP contribution in [-0.4, -0.2) is 28.5 Å². The predicted molar refractivity (Wildman–Crippen MR) is 86.3 cm³/mol. The van der Waals surface area contributed by atoms with Crippen LogP contribution in [0.2, 0.25) is 0 Å². The van der Waals surface area contributed by atoms with Crippen LogP contribution >= 0.6 is 0 Å². The summed E-state index contributed by atoms with van der Waals surface area (Å²) in [6.07, 6.45) is 5.88. The lowest BCUT2D eigenvalue weighted by atomic mass is 9.64. The van der Waals surface area contributed by atoms with Crippen LogP contribution in [0.5, 0.6) is 0 Å². The van der Waals surface area contributed by atoms with Gasteiger partial charge in [-0.15, -0.1) is 0 Å². The maximum Gasteiger partial charge on any atom is 0.0762 e. The van der Waals surface area contributed by atoms with E-state index in [1.54, 1.807) is 0 Å². The van der Waals surface area contributed by atoms with E-state index in [9.17, 15) is 0 Å². The zero-order valence-electron chi connectivity index (χ0n) is 14.2. The van der Waals surface area contributed by atoms with Crippen molar-refractivity contribution in [3.8, 4) is 0 Å². The Morgan fingerprint density at radius 3 is 2.67 bits per heavy atom. The Labute approximate surface area is 129 Å². The molecule has 120 valence electrons. The number of ether oxygens (including phenoxy) is 1. The molecule has 1 aliphatic rings. The highest BCUT2D eigenvalue weighted by atomic mass is 16.5. The Morgan fingerprint density at radius 1 is 1.38 bits per heavy atom. The summed E-state index contributed by atoms with van der Waals surface area (Å²) in [4.78, 5) is 0. The summed E-state index contributed by atoms with van der Waals surface area (Å²) < 4.78 is 7.90. The van der Waals surface area contributed by atoms with E-state index in [1.807, 2.05) is 0 Å². The molecule has 0 radical (unpaired) electrons. The zero-order valence-corrected chi connectivity index (χ0v) is 14.2. The molecule has 0 aliphatic heterocycles. The van der Waals surface area contributed by atoms with Gasteiger partial charge in [0.05, 0.1) is 17.8 Å². The second-order valence-corrected chi connectivity index (χ2v) is 6.69. The van der Waals surface area contributed by atoms with Crippen molar-refractivity contribution in [3.63, 3.8) is 0 Å². The van der Waals surface area contributed by atoms with Crippen LogP contribution < -0.4 is 5.32 Å². The molecular formula is C17H31N3O. The smallest absolute Gasteiger partial charge is 0.0762 e. The Kier molecular flexibility index (Phi) is 5.44. The fourth-order valence-electron chi connectivity index (χ4n) is 3.28. The van der Waals surface area contributed by atoms with Crippen LogP contribution in [-0.2, 0) is 11.3 Å². The van der Waals surface area contributed by atoms with Crippen molar-refractivity contribution < 1.29 is 4.74 Å². The topological polar surface area (TPSA) is 39.1 Å². The molecule has 0 amide bonds. The van der Waals surface area contributed by atoms with Crippen LogP contribution in [0.25, 0.3) is 0 Å².